The molecule has 80 valence electrons. The lowest BCUT2D eigenvalue weighted by Gasteiger charge is -2.14. The molecular formula is C10H8BrFO3. The second kappa shape index (κ2) is 3.20. The largest absolute Gasteiger partial charge is 0.505 e. The van der Waals surface area contributed by atoms with E-state index in [0.29, 0.717) is 17.3 Å². The first-order valence-electron chi connectivity index (χ1n) is 4.40. The highest BCUT2D eigenvalue weighted by molar-refractivity contribution is 9.10. The maximum atomic E-state index is 13.6. The minimum absolute atomic E-state index is 0.0509. The summed E-state index contributed by atoms with van der Waals surface area (Å²) in [6, 6.07) is 2.65. The number of phenolic OH excluding ortho intramolecular Hbond substituents is 1. The highest BCUT2D eigenvalue weighted by Crippen LogP contribution is 2.52. The lowest BCUT2D eigenvalue weighted by molar-refractivity contribution is -0.140. The van der Waals surface area contributed by atoms with Crippen LogP contribution in [0, 0.1) is 5.82 Å². The summed E-state index contributed by atoms with van der Waals surface area (Å²) in [6.07, 6.45) is 0.808. The summed E-state index contributed by atoms with van der Waals surface area (Å²) in [4.78, 5) is 11.0. The first-order valence-corrected chi connectivity index (χ1v) is 5.19. The van der Waals surface area contributed by atoms with Crippen LogP contribution in [0.4, 0.5) is 4.39 Å². The number of aliphatic carboxylic acids is 1. The molecule has 1 aromatic rings. The number of halogens is 2. The molecule has 5 heteroatoms. The molecule has 0 bridgehead atoms. The number of aromatic hydroxyl groups is 1. The van der Waals surface area contributed by atoms with Gasteiger partial charge in [-0.15, -0.1) is 0 Å². The summed E-state index contributed by atoms with van der Waals surface area (Å²) in [7, 11) is 0. The van der Waals surface area contributed by atoms with E-state index in [9.17, 15) is 14.3 Å². The van der Waals surface area contributed by atoms with E-state index in [-0.39, 0.29) is 5.56 Å². The fourth-order valence-electron chi connectivity index (χ4n) is 1.68. The van der Waals surface area contributed by atoms with Crippen molar-refractivity contribution in [1.82, 2.24) is 0 Å². The van der Waals surface area contributed by atoms with Crippen LogP contribution >= 0.6 is 15.9 Å². The molecule has 15 heavy (non-hydrogen) atoms. The number of hydrogen-bond acceptors (Lipinski definition) is 2. The average molecular weight is 275 g/mol. The summed E-state index contributed by atoms with van der Waals surface area (Å²) in [5.74, 6) is -2.40. The van der Waals surface area contributed by atoms with Crippen LogP contribution in [-0.2, 0) is 10.2 Å². The zero-order valence-electron chi connectivity index (χ0n) is 7.63. The Bertz CT molecular complexity index is 441. The van der Waals surface area contributed by atoms with Crippen LogP contribution in [0.5, 0.6) is 5.75 Å². The Balaban J connectivity index is 2.62. The Morgan fingerprint density at radius 1 is 1.47 bits per heavy atom. The molecule has 2 N–H and O–H groups in total. The zero-order valence-corrected chi connectivity index (χ0v) is 9.21. The van der Waals surface area contributed by atoms with Crippen molar-refractivity contribution in [3.63, 3.8) is 0 Å². The van der Waals surface area contributed by atoms with Gasteiger partial charge in [0.25, 0.3) is 0 Å². The topological polar surface area (TPSA) is 57.5 Å². The lowest BCUT2D eigenvalue weighted by Crippen LogP contribution is -2.21. The van der Waals surface area contributed by atoms with Crippen molar-refractivity contribution in [2.45, 2.75) is 18.3 Å². The second-order valence-corrected chi connectivity index (χ2v) is 4.50. The number of hydrogen-bond donors (Lipinski definition) is 2. The van der Waals surface area contributed by atoms with Crippen LogP contribution in [0.1, 0.15) is 18.4 Å². The van der Waals surface area contributed by atoms with E-state index in [1.807, 2.05) is 0 Å². The fourth-order valence-corrected chi connectivity index (χ4v) is 2.36. The third-order valence-electron chi connectivity index (χ3n) is 2.71. The molecule has 1 aromatic carbocycles. The Morgan fingerprint density at radius 3 is 2.53 bits per heavy atom. The van der Waals surface area contributed by atoms with Crippen LogP contribution in [-0.4, -0.2) is 16.2 Å². The first kappa shape index (κ1) is 10.4. The molecule has 1 fully saturated rings. The normalized spacial score (nSPS) is 17.5. The molecule has 0 amide bonds. The highest BCUT2D eigenvalue weighted by atomic mass is 79.9. The Kier molecular flexibility index (Phi) is 2.22. The van der Waals surface area contributed by atoms with Gasteiger partial charge >= 0.3 is 5.97 Å². The van der Waals surface area contributed by atoms with E-state index in [0.717, 1.165) is 0 Å². The summed E-state index contributed by atoms with van der Waals surface area (Å²) < 4.78 is 14.0. The number of phenols is 1. The van der Waals surface area contributed by atoms with E-state index in [4.69, 9.17) is 5.11 Å². The molecule has 0 atom stereocenters. The molecule has 1 aliphatic rings. The van der Waals surface area contributed by atoms with Gasteiger partial charge in [-0.2, -0.15) is 0 Å². The third-order valence-corrected chi connectivity index (χ3v) is 3.37. The van der Waals surface area contributed by atoms with E-state index >= 15 is 0 Å². The van der Waals surface area contributed by atoms with Crippen LogP contribution in [0.25, 0.3) is 0 Å². The lowest BCUT2D eigenvalue weighted by atomic mass is 9.95. The fraction of sp³-hybridized carbons (Fsp3) is 0.300. The maximum absolute atomic E-state index is 13.6. The number of carboxylic acids is 1. The quantitative estimate of drug-likeness (QED) is 0.871. The molecule has 2 rings (SSSR count). The van der Waals surface area contributed by atoms with Crippen molar-refractivity contribution in [2.75, 3.05) is 0 Å². The van der Waals surface area contributed by atoms with Crippen LogP contribution in [0.2, 0.25) is 0 Å². The molecule has 0 spiro atoms. The third kappa shape index (κ3) is 1.42. The smallest absolute Gasteiger partial charge is 0.314 e. The first-order chi connectivity index (χ1) is 6.99. The van der Waals surface area contributed by atoms with Gasteiger partial charge in [-0.25, -0.2) is 4.39 Å². The minimum atomic E-state index is -1.15. The monoisotopic (exact) mass is 274 g/mol. The number of benzene rings is 1. The minimum Gasteiger partial charge on any atom is -0.505 e. The summed E-state index contributed by atoms with van der Waals surface area (Å²) in [6.45, 7) is 0. The van der Waals surface area contributed by atoms with Gasteiger partial charge in [-0.05, 0) is 25.0 Å². The van der Waals surface area contributed by atoms with Crippen molar-refractivity contribution in [3.05, 3.63) is 28.0 Å². The molecule has 0 radical (unpaired) electrons. The van der Waals surface area contributed by atoms with E-state index < -0.39 is 23.0 Å². The molecular weight excluding hydrogens is 267 g/mol. The second-order valence-electron chi connectivity index (χ2n) is 3.64. The van der Waals surface area contributed by atoms with Crippen molar-refractivity contribution >= 4 is 21.9 Å². The van der Waals surface area contributed by atoms with Gasteiger partial charge in [0.2, 0.25) is 0 Å². The van der Waals surface area contributed by atoms with Gasteiger partial charge in [0.15, 0.2) is 11.6 Å². The predicted molar refractivity (Wildman–Crippen MR) is 54.3 cm³/mol. The Labute approximate surface area is 93.7 Å². The molecule has 1 saturated carbocycles. The molecule has 0 aromatic heterocycles. The molecule has 3 nitrogen and oxygen atoms in total. The Morgan fingerprint density at radius 2 is 2.07 bits per heavy atom. The van der Waals surface area contributed by atoms with Gasteiger partial charge in [-0.3, -0.25) is 4.79 Å². The molecule has 0 unspecified atom stereocenters. The van der Waals surface area contributed by atoms with Crippen LogP contribution in [0.3, 0.4) is 0 Å². The van der Waals surface area contributed by atoms with E-state index in [1.165, 1.54) is 12.1 Å². The maximum Gasteiger partial charge on any atom is 0.314 e. The Hall–Kier alpha value is -1.10. The molecule has 0 aliphatic heterocycles. The van der Waals surface area contributed by atoms with E-state index in [2.05, 4.69) is 15.9 Å². The number of carboxylic acid groups (broad SMARTS) is 1. The van der Waals surface area contributed by atoms with Gasteiger partial charge in [0.05, 0.1) is 5.41 Å². The predicted octanol–water partition coefficient (Wildman–Crippen LogP) is 2.41. The zero-order chi connectivity index (χ0) is 11.2. The molecule has 1 aliphatic carbocycles. The van der Waals surface area contributed by atoms with Crippen molar-refractivity contribution in [3.8, 4) is 5.75 Å². The van der Waals surface area contributed by atoms with Gasteiger partial charge in [0, 0.05) is 10.0 Å². The van der Waals surface area contributed by atoms with Crippen LogP contribution < -0.4 is 0 Å². The van der Waals surface area contributed by atoms with Gasteiger partial charge in [-0.1, -0.05) is 15.9 Å². The SMILES string of the molecule is O=C(O)C1(c2c(Br)ccc(O)c2F)CC1. The van der Waals surface area contributed by atoms with Crippen molar-refractivity contribution in [1.29, 1.82) is 0 Å². The van der Waals surface area contributed by atoms with E-state index in [1.54, 1.807) is 0 Å². The van der Waals surface area contributed by atoms with Crippen LogP contribution in [0.15, 0.2) is 16.6 Å². The summed E-state index contributed by atoms with van der Waals surface area (Å²) in [5.41, 5.74) is -1.10. The van der Waals surface area contributed by atoms with Gasteiger partial charge in [0.1, 0.15) is 0 Å². The number of carbonyl (C=O) groups is 1. The summed E-state index contributed by atoms with van der Waals surface area (Å²) in [5, 5.41) is 18.2. The highest BCUT2D eigenvalue weighted by Gasteiger charge is 2.54. The van der Waals surface area contributed by atoms with Crippen molar-refractivity contribution in [2.24, 2.45) is 0 Å². The standard InChI is InChI=1S/C10H8BrFO3/c11-5-1-2-6(13)8(12)7(5)10(3-4-10)9(14)15/h1-2,13H,3-4H2,(H,14,15). The average Bonchev–Trinajstić information content (AvgIpc) is 2.93. The molecule has 0 saturated heterocycles. The van der Waals surface area contributed by atoms with Crippen molar-refractivity contribution < 1.29 is 19.4 Å². The number of rotatable bonds is 2. The van der Waals surface area contributed by atoms with Gasteiger partial charge < -0.3 is 10.2 Å². The molecule has 0 heterocycles. The summed E-state index contributed by atoms with van der Waals surface area (Å²) >= 11 is 3.11.